The Labute approximate surface area is 172 Å². The van der Waals surface area contributed by atoms with Gasteiger partial charge in [0.05, 0.1) is 16.2 Å². The number of anilines is 1. The molecule has 11 heteroatoms. The molecule has 0 aliphatic carbocycles. The van der Waals surface area contributed by atoms with E-state index >= 15 is 0 Å². The maximum atomic E-state index is 12.2. The average Bonchev–Trinajstić information content (AvgIpc) is 3.41. The summed E-state index contributed by atoms with van der Waals surface area (Å²) in [7, 11) is 0. The molecule has 2 aromatic carbocycles. The number of nitro benzene ring substituents is 1. The molecule has 0 unspecified atom stereocenters. The van der Waals surface area contributed by atoms with Crippen molar-refractivity contribution < 1.29 is 23.7 Å². The standard InChI is InChI=1S/C19H12N4O6S/c24-16(8-28-18(25)13-5-2-6-15-17(13)20-10-29-15)22-19-21-14(9-30-19)11-3-1-4-12(7-11)23(26)27/h1-7,9-10H,8H2,(H,21,22,24). The quantitative estimate of drug-likeness (QED) is 0.281. The van der Waals surface area contributed by atoms with Crippen molar-refractivity contribution in [2.24, 2.45) is 0 Å². The number of thiazole rings is 1. The minimum atomic E-state index is -0.707. The molecule has 0 saturated heterocycles. The van der Waals surface area contributed by atoms with Gasteiger partial charge in [0, 0.05) is 23.1 Å². The van der Waals surface area contributed by atoms with Crippen molar-refractivity contribution in [3.8, 4) is 11.3 Å². The van der Waals surface area contributed by atoms with Crippen molar-refractivity contribution in [1.29, 1.82) is 0 Å². The smallest absolute Gasteiger partial charge is 0.340 e. The Bertz CT molecular complexity index is 1260. The van der Waals surface area contributed by atoms with Gasteiger partial charge in [0.25, 0.3) is 11.6 Å². The Kier molecular flexibility index (Phi) is 5.18. The van der Waals surface area contributed by atoms with E-state index < -0.39 is 23.4 Å². The molecule has 4 rings (SSSR count). The lowest BCUT2D eigenvalue weighted by atomic mass is 10.1. The van der Waals surface area contributed by atoms with Gasteiger partial charge in [-0.1, -0.05) is 18.2 Å². The molecular formula is C19H12N4O6S. The largest absolute Gasteiger partial charge is 0.452 e. The summed E-state index contributed by atoms with van der Waals surface area (Å²) in [5, 5.41) is 15.4. The third-order valence-electron chi connectivity index (χ3n) is 4.02. The van der Waals surface area contributed by atoms with Gasteiger partial charge in [0.1, 0.15) is 5.52 Å². The number of oxazole rings is 1. The molecule has 1 N–H and O–H groups in total. The van der Waals surface area contributed by atoms with E-state index in [1.165, 1.54) is 24.6 Å². The van der Waals surface area contributed by atoms with Crippen LogP contribution in [-0.4, -0.2) is 33.4 Å². The second kappa shape index (κ2) is 8.09. The Hall–Kier alpha value is -4.12. The minimum absolute atomic E-state index is 0.0554. The number of hydrogen-bond acceptors (Lipinski definition) is 9. The number of esters is 1. The van der Waals surface area contributed by atoms with Crippen molar-refractivity contribution in [2.75, 3.05) is 11.9 Å². The van der Waals surface area contributed by atoms with Gasteiger partial charge in [-0.25, -0.2) is 14.8 Å². The predicted octanol–water partition coefficient (Wildman–Crippen LogP) is 3.66. The van der Waals surface area contributed by atoms with Crippen LogP contribution in [0.2, 0.25) is 0 Å². The number of nitrogens with one attached hydrogen (secondary N) is 1. The zero-order chi connectivity index (χ0) is 21.1. The lowest BCUT2D eigenvalue weighted by Crippen LogP contribution is -2.21. The number of hydrogen-bond donors (Lipinski definition) is 1. The van der Waals surface area contributed by atoms with Gasteiger partial charge < -0.3 is 9.15 Å². The number of non-ortho nitro benzene ring substituents is 1. The highest BCUT2D eigenvalue weighted by molar-refractivity contribution is 7.14. The molecule has 30 heavy (non-hydrogen) atoms. The number of carbonyl (C=O) groups is 2. The SMILES string of the molecule is O=C(COC(=O)c1cccc2ocnc12)Nc1nc(-c2cccc([N+](=O)[O-])c2)cs1. The Morgan fingerprint density at radius 2 is 2.07 bits per heavy atom. The molecule has 0 bridgehead atoms. The molecule has 150 valence electrons. The molecule has 0 radical (unpaired) electrons. The number of carbonyl (C=O) groups excluding carboxylic acids is 2. The second-order valence-corrected chi connectivity index (χ2v) is 6.83. The average molecular weight is 424 g/mol. The van der Waals surface area contributed by atoms with Crippen LogP contribution < -0.4 is 5.32 Å². The fraction of sp³-hybridized carbons (Fsp3) is 0.0526. The van der Waals surface area contributed by atoms with Crippen LogP contribution in [0.1, 0.15) is 10.4 Å². The molecule has 0 aliphatic heterocycles. The van der Waals surface area contributed by atoms with Crippen LogP contribution in [0, 0.1) is 10.1 Å². The fourth-order valence-electron chi connectivity index (χ4n) is 2.66. The van der Waals surface area contributed by atoms with E-state index in [1.54, 1.807) is 29.6 Å². The zero-order valence-corrected chi connectivity index (χ0v) is 15.9. The second-order valence-electron chi connectivity index (χ2n) is 5.97. The minimum Gasteiger partial charge on any atom is -0.452 e. The van der Waals surface area contributed by atoms with Gasteiger partial charge in [-0.05, 0) is 12.1 Å². The molecule has 0 atom stereocenters. The van der Waals surface area contributed by atoms with Gasteiger partial charge in [-0.15, -0.1) is 11.3 Å². The number of fused-ring (bicyclic) bond motifs is 1. The fourth-order valence-corrected chi connectivity index (χ4v) is 3.39. The molecule has 0 aliphatic rings. The number of benzene rings is 2. The number of amides is 1. The van der Waals surface area contributed by atoms with Crippen LogP contribution >= 0.6 is 11.3 Å². The van der Waals surface area contributed by atoms with Crippen molar-refractivity contribution in [3.05, 3.63) is 69.9 Å². The summed E-state index contributed by atoms with van der Waals surface area (Å²) in [5.74, 6) is -1.28. The van der Waals surface area contributed by atoms with Crippen LogP contribution in [0.5, 0.6) is 0 Å². The lowest BCUT2D eigenvalue weighted by Gasteiger charge is -2.05. The molecule has 2 heterocycles. The molecule has 10 nitrogen and oxygen atoms in total. The molecule has 1 amide bonds. The first-order valence-corrected chi connectivity index (χ1v) is 9.39. The van der Waals surface area contributed by atoms with Gasteiger partial charge in [0.15, 0.2) is 23.7 Å². The lowest BCUT2D eigenvalue weighted by molar-refractivity contribution is -0.384. The molecule has 4 aromatic rings. The third kappa shape index (κ3) is 4.00. The third-order valence-corrected chi connectivity index (χ3v) is 4.78. The summed E-state index contributed by atoms with van der Waals surface area (Å²) in [6.45, 7) is -0.515. The maximum absolute atomic E-state index is 12.2. The zero-order valence-electron chi connectivity index (χ0n) is 15.1. The maximum Gasteiger partial charge on any atom is 0.340 e. The topological polar surface area (TPSA) is 137 Å². The van der Waals surface area contributed by atoms with Gasteiger partial charge in [-0.2, -0.15) is 0 Å². The van der Waals surface area contributed by atoms with E-state index in [9.17, 15) is 19.7 Å². The Morgan fingerprint density at radius 3 is 2.90 bits per heavy atom. The van der Waals surface area contributed by atoms with E-state index in [0.717, 1.165) is 11.3 Å². The summed E-state index contributed by atoms with van der Waals surface area (Å²) in [6.07, 6.45) is 1.22. The number of rotatable bonds is 6. The first-order valence-electron chi connectivity index (χ1n) is 8.51. The number of nitrogens with zero attached hydrogens (tertiary/aromatic N) is 3. The van der Waals surface area contributed by atoms with Gasteiger partial charge in [-0.3, -0.25) is 20.2 Å². The Morgan fingerprint density at radius 1 is 1.23 bits per heavy atom. The highest BCUT2D eigenvalue weighted by atomic mass is 32.1. The number of ether oxygens (including phenoxy) is 1. The monoisotopic (exact) mass is 424 g/mol. The number of aromatic nitrogens is 2. The highest BCUT2D eigenvalue weighted by Crippen LogP contribution is 2.27. The Balaban J connectivity index is 1.38. The molecule has 0 saturated carbocycles. The van der Waals surface area contributed by atoms with Crippen molar-refractivity contribution in [3.63, 3.8) is 0 Å². The number of para-hydroxylation sites is 1. The van der Waals surface area contributed by atoms with Crippen molar-refractivity contribution >= 4 is 45.1 Å². The normalized spacial score (nSPS) is 10.7. The van der Waals surface area contributed by atoms with Crippen LogP contribution in [0.3, 0.4) is 0 Å². The molecular weight excluding hydrogens is 412 g/mol. The van der Waals surface area contributed by atoms with E-state index in [1.807, 2.05) is 0 Å². The molecule has 2 aromatic heterocycles. The first kappa shape index (κ1) is 19.2. The van der Waals surface area contributed by atoms with Gasteiger partial charge >= 0.3 is 5.97 Å². The summed E-state index contributed by atoms with van der Waals surface area (Å²) in [4.78, 5) is 43.0. The van der Waals surface area contributed by atoms with Crippen LogP contribution in [0.4, 0.5) is 10.8 Å². The van der Waals surface area contributed by atoms with E-state index in [2.05, 4.69) is 15.3 Å². The van der Waals surface area contributed by atoms with Gasteiger partial charge in [0.2, 0.25) is 0 Å². The summed E-state index contributed by atoms with van der Waals surface area (Å²) in [5.41, 5.74) is 1.95. The van der Waals surface area contributed by atoms with Crippen LogP contribution in [0.15, 0.2) is 58.7 Å². The van der Waals surface area contributed by atoms with Crippen LogP contribution in [0.25, 0.3) is 22.4 Å². The first-order chi connectivity index (χ1) is 14.5. The summed E-state index contributed by atoms with van der Waals surface area (Å²) in [6, 6.07) is 10.8. The summed E-state index contributed by atoms with van der Waals surface area (Å²) >= 11 is 1.14. The van der Waals surface area contributed by atoms with E-state index in [0.29, 0.717) is 22.4 Å². The predicted molar refractivity (Wildman–Crippen MR) is 107 cm³/mol. The highest BCUT2D eigenvalue weighted by Gasteiger charge is 2.17. The van der Waals surface area contributed by atoms with E-state index in [-0.39, 0.29) is 16.4 Å². The van der Waals surface area contributed by atoms with Crippen molar-refractivity contribution in [1.82, 2.24) is 9.97 Å². The molecule has 0 spiro atoms. The van der Waals surface area contributed by atoms with Crippen LogP contribution in [-0.2, 0) is 9.53 Å². The van der Waals surface area contributed by atoms with E-state index in [4.69, 9.17) is 9.15 Å². The van der Waals surface area contributed by atoms with Crippen molar-refractivity contribution in [2.45, 2.75) is 0 Å². The number of nitro groups is 1. The molecule has 0 fully saturated rings. The summed E-state index contributed by atoms with van der Waals surface area (Å²) < 4.78 is 10.2.